The molecule has 0 radical (unpaired) electrons. The summed E-state index contributed by atoms with van der Waals surface area (Å²) in [6, 6.07) is 7.82. The van der Waals surface area contributed by atoms with Crippen LogP contribution in [0.2, 0.25) is 10.0 Å². The summed E-state index contributed by atoms with van der Waals surface area (Å²) in [5.74, 6) is -0.460. The topological polar surface area (TPSA) is 38.0 Å². The van der Waals surface area contributed by atoms with Crippen molar-refractivity contribution in [2.75, 3.05) is 11.1 Å². The number of hydrogen-bond donors (Lipinski definition) is 2. The number of nitrogen functional groups attached to an aromatic ring is 1. The molecule has 5 heteroatoms. The molecule has 0 aliphatic carbocycles. The average molecular weight is 285 g/mol. The quantitative estimate of drug-likeness (QED) is 0.780. The van der Waals surface area contributed by atoms with Crippen molar-refractivity contribution in [2.45, 2.75) is 6.92 Å². The van der Waals surface area contributed by atoms with Crippen LogP contribution in [0.3, 0.4) is 0 Å². The Hall–Kier alpha value is -1.45. The number of anilines is 3. The Balaban J connectivity index is 2.39. The number of halogens is 3. The fourth-order valence-electron chi connectivity index (χ4n) is 1.59. The Morgan fingerprint density at radius 3 is 2.50 bits per heavy atom. The van der Waals surface area contributed by atoms with E-state index < -0.39 is 5.82 Å². The minimum Gasteiger partial charge on any atom is -0.397 e. The lowest BCUT2D eigenvalue weighted by Crippen LogP contribution is -1.99. The summed E-state index contributed by atoms with van der Waals surface area (Å²) < 4.78 is 13.1. The van der Waals surface area contributed by atoms with Crippen molar-refractivity contribution in [3.8, 4) is 0 Å². The second-order valence-electron chi connectivity index (χ2n) is 3.89. The van der Waals surface area contributed by atoms with Crippen molar-refractivity contribution in [3.63, 3.8) is 0 Å². The maximum atomic E-state index is 13.1. The van der Waals surface area contributed by atoms with Crippen LogP contribution in [-0.2, 0) is 0 Å². The van der Waals surface area contributed by atoms with Crippen LogP contribution >= 0.6 is 23.2 Å². The average Bonchev–Trinajstić information content (AvgIpc) is 2.34. The molecule has 0 saturated heterocycles. The van der Waals surface area contributed by atoms with E-state index >= 15 is 0 Å². The van der Waals surface area contributed by atoms with Gasteiger partial charge < -0.3 is 11.1 Å². The molecular weight excluding hydrogens is 274 g/mol. The number of rotatable bonds is 2. The fraction of sp³-hybridized carbons (Fsp3) is 0.0769. The van der Waals surface area contributed by atoms with Crippen LogP contribution < -0.4 is 11.1 Å². The zero-order valence-electron chi connectivity index (χ0n) is 9.60. The van der Waals surface area contributed by atoms with Gasteiger partial charge in [-0.25, -0.2) is 4.39 Å². The standard InChI is InChI=1S/C13H11Cl2FN2/c1-7-9(14)3-5-12(17)13(7)18-8-2-4-11(16)10(15)6-8/h2-6,18H,17H2,1H3. The van der Waals surface area contributed by atoms with E-state index in [0.717, 1.165) is 5.56 Å². The van der Waals surface area contributed by atoms with Crippen LogP contribution in [0.1, 0.15) is 5.56 Å². The molecule has 18 heavy (non-hydrogen) atoms. The van der Waals surface area contributed by atoms with Gasteiger partial charge in [0, 0.05) is 10.7 Å². The molecule has 0 amide bonds. The van der Waals surface area contributed by atoms with Crippen LogP contribution in [0.25, 0.3) is 0 Å². The minimum atomic E-state index is -0.460. The number of hydrogen-bond acceptors (Lipinski definition) is 2. The summed E-state index contributed by atoms with van der Waals surface area (Å²) >= 11 is 11.7. The highest BCUT2D eigenvalue weighted by atomic mass is 35.5. The molecule has 0 aromatic heterocycles. The van der Waals surface area contributed by atoms with Gasteiger partial charge in [-0.05, 0) is 42.8 Å². The lowest BCUT2D eigenvalue weighted by molar-refractivity contribution is 0.628. The van der Waals surface area contributed by atoms with E-state index in [0.29, 0.717) is 22.1 Å². The predicted molar refractivity (Wildman–Crippen MR) is 75.3 cm³/mol. The second-order valence-corrected chi connectivity index (χ2v) is 4.70. The van der Waals surface area contributed by atoms with Gasteiger partial charge in [0.05, 0.1) is 16.4 Å². The molecule has 94 valence electrons. The van der Waals surface area contributed by atoms with Gasteiger partial charge in [0.15, 0.2) is 0 Å². The van der Waals surface area contributed by atoms with Crippen molar-refractivity contribution in [1.82, 2.24) is 0 Å². The third kappa shape index (κ3) is 2.52. The van der Waals surface area contributed by atoms with Crippen LogP contribution in [0.15, 0.2) is 30.3 Å². The molecule has 0 atom stereocenters. The van der Waals surface area contributed by atoms with Crippen LogP contribution in [-0.4, -0.2) is 0 Å². The van der Waals surface area contributed by atoms with Gasteiger partial charge in [0.1, 0.15) is 5.82 Å². The molecule has 2 aromatic carbocycles. The van der Waals surface area contributed by atoms with Crippen LogP contribution in [0.4, 0.5) is 21.5 Å². The van der Waals surface area contributed by atoms with Gasteiger partial charge in [-0.1, -0.05) is 23.2 Å². The van der Waals surface area contributed by atoms with Gasteiger partial charge in [0.25, 0.3) is 0 Å². The Labute approximate surface area is 115 Å². The first-order chi connectivity index (χ1) is 8.49. The third-order valence-electron chi connectivity index (χ3n) is 2.62. The van der Waals surface area contributed by atoms with Crippen LogP contribution in [0, 0.1) is 12.7 Å². The maximum Gasteiger partial charge on any atom is 0.141 e. The third-order valence-corrected chi connectivity index (χ3v) is 3.32. The molecule has 2 nitrogen and oxygen atoms in total. The normalized spacial score (nSPS) is 10.4. The van der Waals surface area contributed by atoms with Crippen molar-refractivity contribution in [1.29, 1.82) is 0 Å². The van der Waals surface area contributed by atoms with E-state index in [1.807, 2.05) is 6.92 Å². The molecule has 0 bridgehead atoms. The van der Waals surface area contributed by atoms with Gasteiger partial charge in [-0.15, -0.1) is 0 Å². The lowest BCUT2D eigenvalue weighted by atomic mass is 10.1. The number of benzene rings is 2. The Morgan fingerprint density at radius 2 is 1.83 bits per heavy atom. The molecule has 0 fully saturated rings. The summed E-state index contributed by atoms with van der Waals surface area (Å²) in [6.45, 7) is 1.85. The van der Waals surface area contributed by atoms with E-state index in [9.17, 15) is 4.39 Å². The first kappa shape index (κ1) is 13.0. The monoisotopic (exact) mass is 284 g/mol. The highest BCUT2D eigenvalue weighted by Gasteiger charge is 2.08. The largest absolute Gasteiger partial charge is 0.397 e. The minimum absolute atomic E-state index is 0.0539. The Bertz CT molecular complexity index is 600. The van der Waals surface area contributed by atoms with Crippen molar-refractivity contribution >= 4 is 40.3 Å². The smallest absolute Gasteiger partial charge is 0.141 e. The highest BCUT2D eigenvalue weighted by Crippen LogP contribution is 2.32. The predicted octanol–water partition coefficient (Wildman–Crippen LogP) is 4.77. The molecule has 3 N–H and O–H groups in total. The first-order valence-electron chi connectivity index (χ1n) is 5.25. The summed E-state index contributed by atoms with van der Waals surface area (Å²) in [7, 11) is 0. The number of nitrogens with two attached hydrogens (primary N) is 1. The zero-order valence-corrected chi connectivity index (χ0v) is 11.1. The van der Waals surface area contributed by atoms with Crippen molar-refractivity contribution in [3.05, 3.63) is 51.8 Å². The van der Waals surface area contributed by atoms with Gasteiger partial charge in [0.2, 0.25) is 0 Å². The van der Waals surface area contributed by atoms with E-state index in [4.69, 9.17) is 28.9 Å². The molecular formula is C13H11Cl2FN2. The molecule has 2 aromatic rings. The zero-order chi connectivity index (χ0) is 13.3. The van der Waals surface area contributed by atoms with E-state index in [1.54, 1.807) is 18.2 Å². The van der Waals surface area contributed by atoms with E-state index in [2.05, 4.69) is 5.32 Å². The van der Waals surface area contributed by atoms with Gasteiger partial charge in [-0.2, -0.15) is 0 Å². The second kappa shape index (κ2) is 5.04. The molecule has 0 saturated carbocycles. The molecule has 0 unspecified atom stereocenters. The summed E-state index contributed by atoms with van der Waals surface area (Å²) in [5.41, 5.74) is 8.63. The van der Waals surface area contributed by atoms with E-state index in [-0.39, 0.29) is 5.02 Å². The molecule has 0 aliphatic heterocycles. The highest BCUT2D eigenvalue weighted by molar-refractivity contribution is 6.32. The van der Waals surface area contributed by atoms with Gasteiger partial charge >= 0.3 is 0 Å². The van der Waals surface area contributed by atoms with Crippen molar-refractivity contribution < 1.29 is 4.39 Å². The fourth-order valence-corrected chi connectivity index (χ4v) is 1.93. The Morgan fingerprint density at radius 1 is 1.11 bits per heavy atom. The van der Waals surface area contributed by atoms with Gasteiger partial charge in [-0.3, -0.25) is 0 Å². The molecule has 0 aliphatic rings. The van der Waals surface area contributed by atoms with E-state index in [1.165, 1.54) is 12.1 Å². The molecule has 2 rings (SSSR count). The SMILES string of the molecule is Cc1c(Cl)ccc(N)c1Nc1ccc(F)c(Cl)c1. The molecule has 0 heterocycles. The summed E-state index contributed by atoms with van der Waals surface area (Å²) in [5, 5.41) is 3.75. The summed E-state index contributed by atoms with van der Waals surface area (Å²) in [4.78, 5) is 0. The van der Waals surface area contributed by atoms with Crippen LogP contribution in [0.5, 0.6) is 0 Å². The first-order valence-corrected chi connectivity index (χ1v) is 6.01. The lowest BCUT2D eigenvalue weighted by Gasteiger charge is -2.13. The summed E-state index contributed by atoms with van der Waals surface area (Å²) in [6.07, 6.45) is 0. The maximum absolute atomic E-state index is 13.1. The van der Waals surface area contributed by atoms with Crippen molar-refractivity contribution in [2.24, 2.45) is 0 Å². The Kier molecular flexibility index (Phi) is 3.64. The number of nitrogens with one attached hydrogen (secondary N) is 1. The molecule has 0 spiro atoms.